The van der Waals surface area contributed by atoms with Crippen molar-refractivity contribution in [2.45, 2.75) is 18.9 Å². The molecule has 0 heterocycles. The third kappa shape index (κ3) is 3.81. The number of carboxylic acid groups (broad SMARTS) is 1. The van der Waals surface area contributed by atoms with Crippen LogP contribution >= 0.6 is 27.5 Å². The zero-order valence-corrected chi connectivity index (χ0v) is 10.3. The van der Waals surface area contributed by atoms with Gasteiger partial charge in [0.05, 0.1) is 0 Å². The Hall–Kier alpha value is -0.580. The molecule has 15 heavy (non-hydrogen) atoms. The van der Waals surface area contributed by atoms with E-state index in [0.29, 0.717) is 11.4 Å². The molecule has 82 valence electrons. The summed E-state index contributed by atoms with van der Waals surface area (Å²) in [5, 5.41) is 9.08. The number of hydrogen-bond donors (Lipinski definition) is 2. The summed E-state index contributed by atoms with van der Waals surface area (Å²) in [6.45, 7) is 0. The molecule has 1 rings (SSSR count). The van der Waals surface area contributed by atoms with Crippen LogP contribution in [0.15, 0.2) is 22.7 Å². The molecule has 0 bridgehead atoms. The van der Waals surface area contributed by atoms with Gasteiger partial charge in [0.2, 0.25) is 0 Å². The van der Waals surface area contributed by atoms with Crippen LogP contribution in [0.4, 0.5) is 0 Å². The lowest BCUT2D eigenvalue weighted by Crippen LogP contribution is -2.12. The molecule has 5 heteroatoms. The van der Waals surface area contributed by atoms with Gasteiger partial charge < -0.3 is 10.8 Å². The number of aliphatic carboxylic acids is 1. The maximum absolute atomic E-state index is 10.4. The minimum atomic E-state index is -0.848. The SMILES string of the molecule is NC(CCC(=O)O)c1ccc(Br)cc1Cl. The van der Waals surface area contributed by atoms with Gasteiger partial charge in [-0.25, -0.2) is 0 Å². The molecule has 1 aromatic carbocycles. The van der Waals surface area contributed by atoms with Gasteiger partial charge in [-0.1, -0.05) is 33.6 Å². The highest BCUT2D eigenvalue weighted by Gasteiger charge is 2.11. The van der Waals surface area contributed by atoms with Crippen molar-refractivity contribution in [1.29, 1.82) is 0 Å². The number of rotatable bonds is 4. The molecule has 0 aliphatic rings. The van der Waals surface area contributed by atoms with Crippen LogP contribution in [0.2, 0.25) is 5.02 Å². The summed E-state index contributed by atoms with van der Waals surface area (Å²) in [7, 11) is 0. The van der Waals surface area contributed by atoms with Crippen molar-refractivity contribution in [3.8, 4) is 0 Å². The summed E-state index contributed by atoms with van der Waals surface area (Å²) < 4.78 is 0.877. The third-order valence-corrected chi connectivity index (χ3v) is 2.85. The predicted octanol–water partition coefficient (Wildman–Crippen LogP) is 2.97. The number of carbonyl (C=O) groups is 1. The second-order valence-electron chi connectivity index (χ2n) is 3.20. The summed E-state index contributed by atoms with van der Waals surface area (Å²) in [5.41, 5.74) is 6.61. The van der Waals surface area contributed by atoms with Gasteiger partial charge >= 0.3 is 5.97 Å². The average Bonchev–Trinajstić information content (AvgIpc) is 2.14. The molecule has 0 aliphatic heterocycles. The molecule has 1 atom stereocenters. The van der Waals surface area contributed by atoms with E-state index in [-0.39, 0.29) is 12.5 Å². The molecule has 0 fully saturated rings. The Labute approximate surface area is 101 Å². The molecule has 1 aromatic rings. The smallest absolute Gasteiger partial charge is 0.303 e. The average molecular weight is 293 g/mol. The van der Waals surface area contributed by atoms with Gasteiger partial charge in [-0.15, -0.1) is 0 Å². The first-order chi connectivity index (χ1) is 7.00. The normalized spacial score (nSPS) is 12.5. The first kappa shape index (κ1) is 12.5. The highest BCUT2D eigenvalue weighted by Crippen LogP contribution is 2.27. The van der Waals surface area contributed by atoms with Gasteiger partial charge in [-0.3, -0.25) is 4.79 Å². The van der Waals surface area contributed by atoms with Gasteiger partial charge in [0, 0.05) is 22.0 Å². The zero-order valence-electron chi connectivity index (χ0n) is 7.91. The molecular formula is C10H11BrClNO2. The van der Waals surface area contributed by atoms with Crippen LogP contribution in [0.25, 0.3) is 0 Å². The maximum atomic E-state index is 10.4. The fraction of sp³-hybridized carbons (Fsp3) is 0.300. The second kappa shape index (κ2) is 5.49. The Morgan fingerprint density at radius 1 is 1.60 bits per heavy atom. The largest absolute Gasteiger partial charge is 0.481 e. The van der Waals surface area contributed by atoms with Crippen molar-refractivity contribution in [2.24, 2.45) is 5.73 Å². The zero-order chi connectivity index (χ0) is 11.4. The van der Waals surface area contributed by atoms with Gasteiger partial charge in [0.25, 0.3) is 0 Å². The number of benzene rings is 1. The van der Waals surface area contributed by atoms with Crippen molar-refractivity contribution < 1.29 is 9.90 Å². The number of carboxylic acids is 1. The molecule has 0 amide bonds. The van der Waals surface area contributed by atoms with E-state index in [0.717, 1.165) is 10.0 Å². The van der Waals surface area contributed by atoms with Crippen molar-refractivity contribution >= 4 is 33.5 Å². The molecule has 0 spiro atoms. The lowest BCUT2D eigenvalue weighted by atomic mass is 10.0. The minimum Gasteiger partial charge on any atom is -0.481 e. The van der Waals surface area contributed by atoms with E-state index < -0.39 is 5.97 Å². The van der Waals surface area contributed by atoms with Gasteiger partial charge in [0.1, 0.15) is 0 Å². The Balaban J connectivity index is 2.73. The van der Waals surface area contributed by atoms with E-state index in [1.54, 1.807) is 12.1 Å². The lowest BCUT2D eigenvalue weighted by molar-refractivity contribution is -0.137. The van der Waals surface area contributed by atoms with E-state index >= 15 is 0 Å². The van der Waals surface area contributed by atoms with Crippen LogP contribution in [0.5, 0.6) is 0 Å². The van der Waals surface area contributed by atoms with E-state index in [4.69, 9.17) is 22.4 Å². The number of halogens is 2. The van der Waals surface area contributed by atoms with Crippen LogP contribution in [0, 0.1) is 0 Å². The number of hydrogen-bond acceptors (Lipinski definition) is 2. The van der Waals surface area contributed by atoms with Gasteiger partial charge in [-0.2, -0.15) is 0 Å². The monoisotopic (exact) mass is 291 g/mol. The molecule has 0 aromatic heterocycles. The molecule has 3 nitrogen and oxygen atoms in total. The van der Waals surface area contributed by atoms with Crippen LogP contribution in [-0.4, -0.2) is 11.1 Å². The van der Waals surface area contributed by atoms with Crippen molar-refractivity contribution in [2.75, 3.05) is 0 Å². The van der Waals surface area contributed by atoms with Crippen LogP contribution in [0.3, 0.4) is 0 Å². The number of nitrogens with two attached hydrogens (primary N) is 1. The topological polar surface area (TPSA) is 63.3 Å². The van der Waals surface area contributed by atoms with Crippen molar-refractivity contribution in [3.63, 3.8) is 0 Å². The molecule has 3 N–H and O–H groups in total. The molecule has 0 aliphatic carbocycles. The first-order valence-electron chi connectivity index (χ1n) is 4.43. The highest BCUT2D eigenvalue weighted by molar-refractivity contribution is 9.10. The second-order valence-corrected chi connectivity index (χ2v) is 4.53. The molecular weight excluding hydrogens is 281 g/mol. The summed E-state index contributed by atoms with van der Waals surface area (Å²) in [6.07, 6.45) is 0.435. The Bertz CT molecular complexity index is 370. The molecule has 0 radical (unpaired) electrons. The van der Waals surface area contributed by atoms with E-state index in [1.165, 1.54) is 0 Å². The van der Waals surface area contributed by atoms with E-state index in [9.17, 15) is 4.79 Å². The van der Waals surface area contributed by atoms with Crippen LogP contribution in [0.1, 0.15) is 24.4 Å². The maximum Gasteiger partial charge on any atom is 0.303 e. The Morgan fingerprint density at radius 3 is 2.80 bits per heavy atom. The van der Waals surface area contributed by atoms with E-state index in [1.807, 2.05) is 6.07 Å². The fourth-order valence-corrected chi connectivity index (χ4v) is 2.05. The van der Waals surface area contributed by atoms with Crippen molar-refractivity contribution in [3.05, 3.63) is 33.3 Å². The first-order valence-corrected chi connectivity index (χ1v) is 5.60. The quantitative estimate of drug-likeness (QED) is 0.897. The molecule has 1 unspecified atom stereocenters. The Morgan fingerprint density at radius 2 is 2.27 bits per heavy atom. The summed E-state index contributed by atoms with van der Waals surface area (Å²) >= 11 is 9.27. The van der Waals surface area contributed by atoms with Gasteiger partial charge in [-0.05, 0) is 24.1 Å². The Kier molecular flexibility index (Phi) is 4.57. The van der Waals surface area contributed by atoms with Crippen LogP contribution < -0.4 is 5.73 Å². The van der Waals surface area contributed by atoms with Crippen molar-refractivity contribution in [1.82, 2.24) is 0 Å². The minimum absolute atomic E-state index is 0.0492. The van der Waals surface area contributed by atoms with Crippen LogP contribution in [-0.2, 0) is 4.79 Å². The third-order valence-electron chi connectivity index (χ3n) is 2.03. The predicted molar refractivity (Wildman–Crippen MR) is 63.0 cm³/mol. The summed E-state index contributed by atoms with van der Waals surface area (Å²) in [6, 6.07) is 5.06. The highest BCUT2D eigenvalue weighted by atomic mass is 79.9. The fourth-order valence-electron chi connectivity index (χ4n) is 1.24. The van der Waals surface area contributed by atoms with Gasteiger partial charge in [0.15, 0.2) is 0 Å². The molecule has 0 saturated carbocycles. The summed E-state index contributed by atoms with van der Waals surface area (Å²) in [5.74, 6) is -0.848. The summed E-state index contributed by atoms with van der Waals surface area (Å²) in [4.78, 5) is 10.4. The standard InChI is InChI=1S/C10H11BrClNO2/c11-6-1-2-7(8(12)5-6)9(13)3-4-10(14)15/h1-2,5,9H,3-4,13H2,(H,14,15). The molecule has 0 saturated heterocycles. The van der Waals surface area contributed by atoms with E-state index in [2.05, 4.69) is 15.9 Å². The lowest BCUT2D eigenvalue weighted by Gasteiger charge is -2.12.